The number of hydrogen-bond acceptors (Lipinski definition) is 7. The van der Waals surface area contributed by atoms with Crippen molar-refractivity contribution in [1.29, 1.82) is 5.53 Å². The Morgan fingerprint density at radius 2 is 2.10 bits per heavy atom. The maximum atomic E-state index is 7.50. The fourth-order valence-corrected chi connectivity index (χ4v) is 3.35. The fourth-order valence-electron chi connectivity index (χ4n) is 3.11. The highest BCUT2D eigenvalue weighted by Gasteiger charge is 2.14. The van der Waals surface area contributed by atoms with Gasteiger partial charge in [-0.3, -0.25) is 4.90 Å². The van der Waals surface area contributed by atoms with Gasteiger partial charge in [-0.2, -0.15) is 5.11 Å². The molecule has 8 heteroatoms. The van der Waals surface area contributed by atoms with Crippen LogP contribution in [0.15, 0.2) is 41.8 Å². The second-order valence-corrected chi connectivity index (χ2v) is 7.72. The van der Waals surface area contributed by atoms with Gasteiger partial charge in [-0.1, -0.05) is 23.7 Å². The van der Waals surface area contributed by atoms with E-state index in [2.05, 4.69) is 26.4 Å². The molecule has 4 N–H and O–H groups in total. The molecule has 0 amide bonds. The summed E-state index contributed by atoms with van der Waals surface area (Å²) in [7, 11) is 0. The average molecular weight is 415 g/mol. The minimum Gasteiger partial charge on any atom is -0.387 e. The normalized spacial score (nSPS) is 15.5. The van der Waals surface area contributed by atoms with Gasteiger partial charge in [0.25, 0.3) is 0 Å². The molecule has 0 bridgehead atoms. The number of halogens is 1. The third-order valence-electron chi connectivity index (χ3n) is 4.75. The van der Waals surface area contributed by atoms with Crippen molar-refractivity contribution >= 4 is 23.1 Å². The van der Waals surface area contributed by atoms with E-state index in [1.165, 1.54) is 0 Å². The summed E-state index contributed by atoms with van der Waals surface area (Å²) in [6.07, 6.45) is 3.40. The van der Waals surface area contributed by atoms with Gasteiger partial charge in [-0.15, -0.1) is 0 Å². The van der Waals surface area contributed by atoms with Crippen LogP contribution in [0.3, 0.4) is 0 Å². The largest absolute Gasteiger partial charge is 0.387 e. The number of nitrogens with one attached hydrogen (secondary N) is 2. The maximum Gasteiger partial charge on any atom is 0.132 e. The molecule has 3 rings (SSSR count). The second-order valence-electron chi connectivity index (χ2n) is 7.31. The third kappa shape index (κ3) is 5.53. The van der Waals surface area contributed by atoms with Crippen molar-refractivity contribution in [2.75, 3.05) is 32.0 Å². The summed E-state index contributed by atoms with van der Waals surface area (Å²) in [6.45, 7) is 8.18. The number of aromatic nitrogens is 1. The molecule has 2 aromatic rings. The minimum absolute atomic E-state index is 0.224. The van der Waals surface area contributed by atoms with Crippen LogP contribution in [-0.4, -0.2) is 42.2 Å². The van der Waals surface area contributed by atoms with Crippen molar-refractivity contribution in [1.82, 2.24) is 15.2 Å². The van der Waals surface area contributed by atoms with E-state index in [0.717, 1.165) is 54.6 Å². The van der Waals surface area contributed by atoms with Crippen LogP contribution in [0.2, 0.25) is 5.02 Å². The van der Waals surface area contributed by atoms with Crippen LogP contribution in [0.1, 0.15) is 25.0 Å². The van der Waals surface area contributed by atoms with Gasteiger partial charge in [0.15, 0.2) is 0 Å². The molecule has 1 aliphatic rings. The summed E-state index contributed by atoms with van der Waals surface area (Å²) in [5.74, 6) is 0.330. The lowest BCUT2D eigenvalue weighted by molar-refractivity contribution is 0.0342. The van der Waals surface area contributed by atoms with E-state index in [1.54, 1.807) is 12.4 Å². The smallest absolute Gasteiger partial charge is 0.132 e. The molecule has 1 fully saturated rings. The van der Waals surface area contributed by atoms with E-state index >= 15 is 0 Å². The summed E-state index contributed by atoms with van der Waals surface area (Å²) >= 11 is 6.57. The van der Waals surface area contributed by atoms with Crippen molar-refractivity contribution < 1.29 is 4.74 Å². The molecule has 0 saturated carbocycles. The summed E-state index contributed by atoms with van der Waals surface area (Å²) in [6, 6.07) is 8.15. The first-order valence-corrected chi connectivity index (χ1v) is 10.0. The molecule has 7 nitrogen and oxygen atoms in total. The highest BCUT2D eigenvalue weighted by Crippen LogP contribution is 2.30. The lowest BCUT2D eigenvalue weighted by Gasteiger charge is -2.27. The Kier molecular flexibility index (Phi) is 7.19. The summed E-state index contributed by atoms with van der Waals surface area (Å²) in [4.78, 5) is 6.63. The molecule has 154 valence electrons. The number of nitrogens with zero attached hydrogens (tertiary/aromatic N) is 3. The zero-order valence-corrected chi connectivity index (χ0v) is 17.5. The zero-order valence-electron chi connectivity index (χ0n) is 16.8. The Balaban J connectivity index is 1.85. The van der Waals surface area contributed by atoms with Gasteiger partial charge in [0.2, 0.25) is 0 Å². The van der Waals surface area contributed by atoms with Crippen molar-refractivity contribution in [2.24, 2.45) is 5.11 Å². The number of benzene rings is 1. The predicted octanol–water partition coefficient (Wildman–Crippen LogP) is 4.14. The Bertz CT molecular complexity index is 893. The quantitative estimate of drug-likeness (QED) is 0.591. The molecule has 0 unspecified atom stereocenters. The number of rotatable bonds is 7. The SMILES string of the molecule is CC(C)N/C=C(\N=N)c1cc(-c2ccc(CN3CCOCC3)c(Cl)c2)cnc1N. The number of anilines is 1. The number of pyridine rings is 1. The predicted molar refractivity (Wildman–Crippen MR) is 117 cm³/mol. The average Bonchev–Trinajstić information content (AvgIpc) is 2.72. The van der Waals surface area contributed by atoms with E-state index in [-0.39, 0.29) is 6.04 Å². The van der Waals surface area contributed by atoms with Crippen LogP contribution < -0.4 is 11.1 Å². The van der Waals surface area contributed by atoms with E-state index in [1.807, 2.05) is 32.0 Å². The lowest BCUT2D eigenvalue weighted by Crippen LogP contribution is -2.35. The van der Waals surface area contributed by atoms with Gasteiger partial charge >= 0.3 is 0 Å². The van der Waals surface area contributed by atoms with Gasteiger partial charge in [0.05, 0.1) is 13.2 Å². The number of morpholine rings is 1. The van der Waals surface area contributed by atoms with Crippen molar-refractivity contribution in [3.63, 3.8) is 0 Å². The molecule has 2 heterocycles. The van der Waals surface area contributed by atoms with E-state index < -0.39 is 0 Å². The fraction of sp³-hybridized carbons (Fsp3) is 0.381. The van der Waals surface area contributed by atoms with Crippen LogP contribution in [0.5, 0.6) is 0 Å². The molecule has 0 spiro atoms. The molecule has 29 heavy (non-hydrogen) atoms. The first-order chi connectivity index (χ1) is 14.0. The van der Waals surface area contributed by atoms with E-state index in [4.69, 9.17) is 27.6 Å². The van der Waals surface area contributed by atoms with Crippen LogP contribution in [0.4, 0.5) is 5.82 Å². The van der Waals surface area contributed by atoms with Gasteiger partial charge < -0.3 is 15.8 Å². The van der Waals surface area contributed by atoms with E-state index in [0.29, 0.717) is 17.1 Å². The molecule has 1 aromatic carbocycles. The van der Waals surface area contributed by atoms with Gasteiger partial charge in [-0.05, 0) is 37.1 Å². The highest BCUT2D eigenvalue weighted by atomic mass is 35.5. The number of hydrogen-bond donors (Lipinski definition) is 3. The van der Waals surface area contributed by atoms with Crippen LogP contribution >= 0.6 is 11.6 Å². The Labute approximate surface area is 176 Å². The Morgan fingerprint density at radius 3 is 2.76 bits per heavy atom. The van der Waals surface area contributed by atoms with Crippen LogP contribution in [0.25, 0.3) is 16.8 Å². The van der Waals surface area contributed by atoms with Crippen molar-refractivity contribution in [3.05, 3.63) is 52.8 Å². The Hall–Kier alpha value is -2.48. The van der Waals surface area contributed by atoms with Crippen molar-refractivity contribution in [2.45, 2.75) is 26.4 Å². The van der Waals surface area contributed by atoms with Gasteiger partial charge in [0, 0.05) is 54.2 Å². The second kappa shape index (κ2) is 9.82. The first kappa shape index (κ1) is 21.2. The summed E-state index contributed by atoms with van der Waals surface area (Å²) < 4.78 is 5.40. The van der Waals surface area contributed by atoms with Crippen molar-refractivity contribution in [3.8, 4) is 11.1 Å². The topological polar surface area (TPSA) is 99.6 Å². The first-order valence-electron chi connectivity index (χ1n) is 9.66. The Morgan fingerprint density at radius 1 is 1.34 bits per heavy atom. The van der Waals surface area contributed by atoms with E-state index in [9.17, 15) is 0 Å². The molecule has 0 atom stereocenters. The zero-order chi connectivity index (χ0) is 20.8. The van der Waals surface area contributed by atoms with Gasteiger partial charge in [-0.25, -0.2) is 10.5 Å². The third-order valence-corrected chi connectivity index (χ3v) is 5.10. The van der Waals surface area contributed by atoms with Crippen LogP contribution in [0, 0.1) is 5.53 Å². The standard InChI is InChI=1S/C21H27ClN6O/c1-14(2)25-12-20(27-24)18-9-17(11-26-21(18)23)15-3-4-16(19(22)10-15)13-28-5-7-29-8-6-28/h3-4,9-12,14,24-25H,5-8,13H2,1-2H3,(H2,23,26)/b20-12-,27-24?. The van der Waals surface area contributed by atoms with Crippen LogP contribution in [-0.2, 0) is 11.3 Å². The molecular weight excluding hydrogens is 388 g/mol. The molecular formula is C21H27ClN6O. The summed E-state index contributed by atoms with van der Waals surface area (Å²) in [5, 5.41) is 7.47. The monoisotopic (exact) mass is 414 g/mol. The molecule has 0 radical (unpaired) electrons. The number of ether oxygens (including phenoxy) is 1. The molecule has 0 aliphatic carbocycles. The molecule has 1 saturated heterocycles. The minimum atomic E-state index is 0.224. The lowest BCUT2D eigenvalue weighted by atomic mass is 10.0. The highest BCUT2D eigenvalue weighted by molar-refractivity contribution is 6.31. The van der Waals surface area contributed by atoms with Gasteiger partial charge in [0.1, 0.15) is 11.5 Å². The number of nitrogens with two attached hydrogens (primary N) is 1. The summed E-state index contributed by atoms with van der Waals surface area (Å²) in [5.41, 5.74) is 17.5. The number of nitrogen functional groups attached to an aromatic ring is 1. The molecule has 1 aromatic heterocycles. The molecule has 1 aliphatic heterocycles. The maximum absolute atomic E-state index is 7.50.